The first kappa shape index (κ1) is 17.4. The summed E-state index contributed by atoms with van der Waals surface area (Å²) in [4.78, 5) is 16.3. The normalized spacial score (nSPS) is 13.3. The molecule has 0 saturated carbocycles. The minimum Gasteiger partial charge on any atom is -0.487 e. The van der Waals surface area contributed by atoms with Crippen LogP contribution in [0.2, 0.25) is 0 Å². The van der Waals surface area contributed by atoms with Crippen molar-refractivity contribution in [1.82, 2.24) is 10.3 Å². The molecule has 0 fully saturated rings. The summed E-state index contributed by atoms with van der Waals surface area (Å²) in [5.41, 5.74) is 3.13. The van der Waals surface area contributed by atoms with Crippen molar-refractivity contribution >= 4 is 17.2 Å². The van der Waals surface area contributed by atoms with Crippen LogP contribution in [-0.2, 0) is 6.61 Å². The number of ether oxygens (including phenoxy) is 1. The number of hydrogen-bond acceptors (Lipinski definition) is 5. The largest absolute Gasteiger partial charge is 0.487 e. The predicted octanol–water partition coefficient (Wildman–Crippen LogP) is 2.86. The molecular weight excluding hydrogens is 312 g/mol. The summed E-state index contributed by atoms with van der Waals surface area (Å²) in [5.74, 6) is 0.558. The molecule has 2 rings (SSSR count). The van der Waals surface area contributed by atoms with Gasteiger partial charge in [0.1, 0.15) is 12.4 Å². The van der Waals surface area contributed by atoms with Gasteiger partial charge in [0.05, 0.1) is 17.3 Å². The number of aromatic nitrogens is 1. The second-order valence-corrected chi connectivity index (χ2v) is 6.18. The quantitative estimate of drug-likeness (QED) is 0.779. The molecule has 6 heteroatoms. The topological polar surface area (TPSA) is 71.5 Å². The molecule has 5 nitrogen and oxygen atoms in total. The highest BCUT2D eigenvalue weighted by molar-refractivity contribution is 7.07. The highest BCUT2D eigenvalue weighted by Crippen LogP contribution is 2.15. The maximum atomic E-state index is 12.2. The molecule has 0 spiro atoms. The van der Waals surface area contributed by atoms with E-state index in [1.165, 1.54) is 11.3 Å². The number of thiazole rings is 1. The lowest BCUT2D eigenvalue weighted by Crippen LogP contribution is -2.35. The summed E-state index contributed by atoms with van der Waals surface area (Å²) in [6.07, 6.45) is 0.338. The minimum absolute atomic E-state index is 0.156. The van der Waals surface area contributed by atoms with E-state index in [1.807, 2.05) is 19.2 Å². The van der Waals surface area contributed by atoms with Crippen molar-refractivity contribution in [2.45, 2.75) is 33.0 Å². The number of benzene rings is 1. The summed E-state index contributed by atoms with van der Waals surface area (Å²) in [6.45, 7) is 4.60. The van der Waals surface area contributed by atoms with Gasteiger partial charge in [-0.1, -0.05) is 26.3 Å². The van der Waals surface area contributed by atoms with Gasteiger partial charge in [-0.3, -0.25) is 4.79 Å². The van der Waals surface area contributed by atoms with E-state index >= 15 is 0 Å². The second-order valence-electron chi connectivity index (χ2n) is 5.46. The van der Waals surface area contributed by atoms with Crippen LogP contribution >= 0.6 is 11.3 Å². The number of nitrogens with zero attached hydrogens (tertiary/aromatic N) is 1. The SMILES string of the molecule is CCC(C)C(O)CNC(=O)c1cccc(OCc2cscn2)c1. The highest BCUT2D eigenvalue weighted by Gasteiger charge is 2.14. The zero-order valence-electron chi connectivity index (χ0n) is 13.4. The second kappa shape index (κ2) is 8.64. The third-order valence-corrected chi connectivity index (χ3v) is 4.37. The van der Waals surface area contributed by atoms with Crippen LogP contribution < -0.4 is 10.1 Å². The zero-order valence-corrected chi connectivity index (χ0v) is 14.2. The Morgan fingerprint density at radius 2 is 2.30 bits per heavy atom. The number of amides is 1. The van der Waals surface area contributed by atoms with Crippen LogP contribution in [0, 0.1) is 5.92 Å². The Morgan fingerprint density at radius 3 is 3.00 bits per heavy atom. The van der Waals surface area contributed by atoms with Gasteiger partial charge in [0, 0.05) is 17.5 Å². The molecule has 0 bridgehead atoms. The number of carbonyl (C=O) groups excluding carboxylic acids is 1. The maximum absolute atomic E-state index is 12.2. The van der Waals surface area contributed by atoms with E-state index in [9.17, 15) is 9.90 Å². The molecule has 0 aliphatic rings. The standard InChI is InChI=1S/C17H22N2O3S/c1-3-12(2)16(20)8-18-17(21)13-5-4-6-15(7-13)22-9-14-10-23-11-19-14/h4-7,10-12,16,20H,3,8-9H2,1-2H3,(H,18,21). The Morgan fingerprint density at radius 1 is 1.48 bits per heavy atom. The van der Waals surface area contributed by atoms with Crippen molar-refractivity contribution in [3.8, 4) is 5.75 Å². The molecule has 124 valence electrons. The first-order valence-electron chi connectivity index (χ1n) is 7.66. The highest BCUT2D eigenvalue weighted by atomic mass is 32.1. The van der Waals surface area contributed by atoms with E-state index in [0.717, 1.165) is 12.1 Å². The Hall–Kier alpha value is -1.92. The Labute approximate surface area is 140 Å². The molecule has 2 unspecified atom stereocenters. The average molecular weight is 334 g/mol. The van der Waals surface area contributed by atoms with Crippen LogP contribution in [-0.4, -0.2) is 28.6 Å². The van der Waals surface area contributed by atoms with E-state index in [1.54, 1.807) is 29.8 Å². The van der Waals surface area contributed by atoms with Gasteiger partial charge in [0.25, 0.3) is 5.91 Å². The van der Waals surface area contributed by atoms with Gasteiger partial charge >= 0.3 is 0 Å². The van der Waals surface area contributed by atoms with Gasteiger partial charge < -0.3 is 15.2 Å². The van der Waals surface area contributed by atoms with E-state index in [2.05, 4.69) is 10.3 Å². The van der Waals surface area contributed by atoms with Crippen LogP contribution in [0.1, 0.15) is 36.3 Å². The molecule has 0 aliphatic heterocycles. The molecule has 2 N–H and O–H groups in total. The third-order valence-electron chi connectivity index (χ3n) is 3.74. The van der Waals surface area contributed by atoms with Gasteiger partial charge in [0.15, 0.2) is 0 Å². The first-order valence-corrected chi connectivity index (χ1v) is 8.60. The fourth-order valence-electron chi connectivity index (χ4n) is 1.97. The van der Waals surface area contributed by atoms with Crippen molar-refractivity contribution in [2.24, 2.45) is 5.92 Å². The van der Waals surface area contributed by atoms with Crippen LogP contribution in [0.5, 0.6) is 5.75 Å². The lowest BCUT2D eigenvalue weighted by molar-refractivity contribution is 0.0850. The van der Waals surface area contributed by atoms with Gasteiger partial charge in [-0.25, -0.2) is 4.98 Å². The van der Waals surface area contributed by atoms with E-state index < -0.39 is 6.10 Å². The molecule has 2 aromatic rings. The molecule has 23 heavy (non-hydrogen) atoms. The summed E-state index contributed by atoms with van der Waals surface area (Å²) >= 11 is 1.52. The lowest BCUT2D eigenvalue weighted by Gasteiger charge is -2.17. The van der Waals surface area contributed by atoms with Crippen LogP contribution in [0.15, 0.2) is 35.2 Å². The van der Waals surface area contributed by atoms with Crippen molar-refractivity contribution in [1.29, 1.82) is 0 Å². The molecule has 1 aromatic heterocycles. The number of hydrogen-bond donors (Lipinski definition) is 2. The fourth-order valence-corrected chi connectivity index (χ4v) is 2.51. The minimum atomic E-state index is -0.534. The molecule has 1 aromatic carbocycles. The van der Waals surface area contributed by atoms with Crippen molar-refractivity contribution in [3.63, 3.8) is 0 Å². The number of nitrogens with one attached hydrogen (secondary N) is 1. The van der Waals surface area contributed by atoms with Gasteiger partial charge in [0.2, 0.25) is 0 Å². The zero-order chi connectivity index (χ0) is 16.7. The number of aliphatic hydroxyl groups excluding tert-OH is 1. The Bertz CT molecular complexity index is 616. The summed E-state index contributed by atoms with van der Waals surface area (Å²) in [6, 6.07) is 6.99. The van der Waals surface area contributed by atoms with Gasteiger partial charge in [-0.05, 0) is 24.1 Å². The number of rotatable bonds is 8. The third kappa shape index (κ3) is 5.33. The van der Waals surface area contributed by atoms with Crippen LogP contribution in [0.25, 0.3) is 0 Å². The Balaban J connectivity index is 1.89. The molecule has 0 saturated heterocycles. The smallest absolute Gasteiger partial charge is 0.251 e. The summed E-state index contributed by atoms with van der Waals surface area (Å²) < 4.78 is 5.64. The summed E-state index contributed by atoms with van der Waals surface area (Å²) in [7, 11) is 0. The molecule has 0 aliphatic carbocycles. The molecular formula is C17H22N2O3S. The molecule has 0 radical (unpaired) electrons. The van der Waals surface area contributed by atoms with Gasteiger partial charge in [-0.2, -0.15) is 0 Å². The molecule has 1 heterocycles. The van der Waals surface area contributed by atoms with E-state index in [0.29, 0.717) is 17.9 Å². The first-order chi connectivity index (χ1) is 11.1. The average Bonchev–Trinajstić information content (AvgIpc) is 3.10. The van der Waals surface area contributed by atoms with Crippen LogP contribution in [0.4, 0.5) is 0 Å². The molecule has 1 amide bonds. The predicted molar refractivity (Wildman–Crippen MR) is 90.7 cm³/mol. The fraction of sp³-hybridized carbons (Fsp3) is 0.412. The monoisotopic (exact) mass is 334 g/mol. The number of carbonyl (C=O) groups is 1. The van der Waals surface area contributed by atoms with E-state index in [-0.39, 0.29) is 18.4 Å². The van der Waals surface area contributed by atoms with Crippen molar-refractivity contribution in [2.75, 3.05) is 6.54 Å². The van der Waals surface area contributed by atoms with Crippen LogP contribution in [0.3, 0.4) is 0 Å². The van der Waals surface area contributed by atoms with Crippen molar-refractivity contribution in [3.05, 3.63) is 46.4 Å². The van der Waals surface area contributed by atoms with Gasteiger partial charge in [-0.15, -0.1) is 11.3 Å². The Kier molecular flexibility index (Phi) is 6.55. The lowest BCUT2D eigenvalue weighted by atomic mass is 10.0. The number of aliphatic hydroxyl groups is 1. The summed E-state index contributed by atoms with van der Waals surface area (Å²) in [5, 5.41) is 14.6. The van der Waals surface area contributed by atoms with E-state index in [4.69, 9.17) is 4.74 Å². The van der Waals surface area contributed by atoms with Crippen molar-refractivity contribution < 1.29 is 14.6 Å². The molecule has 2 atom stereocenters. The maximum Gasteiger partial charge on any atom is 0.251 e.